The van der Waals surface area contributed by atoms with E-state index in [1.54, 1.807) is 0 Å². The molecule has 4 nitrogen and oxygen atoms in total. The van der Waals surface area contributed by atoms with Gasteiger partial charge >= 0.3 is 0 Å². The Hall–Kier alpha value is -3.02. The highest BCUT2D eigenvalue weighted by Gasteiger charge is 2.11. The largest absolute Gasteiger partial charge is 0.337 e. The lowest BCUT2D eigenvalue weighted by Crippen LogP contribution is -2.01. The SMILES string of the molecule is FC(F)c1cnc(-c2ccc(Cn3ncc4ccccc43)cc2)[nH]1. The summed E-state index contributed by atoms with van der Waals surface area (Å²) in [5.74, 6) is 0.446. The van der Waals surface area contributed by atoms with Crippen molar-refractivity contribution in [1.29, 1.82) is 0 Å². The first kappa shape index (κ1) is 14.6. The molecule has 2 aromatic heterocycles. The predicted octanol–water partition coefficient (Wildman–Crippen LogP) is 4.41. The number of para-hydroxylation sites is 1. The number of aromatic amines is 1. The Morgan fingerprint density at radius 2 is 1.79 bits per heavy atom. The summed E-state index contributed by atoms with van der Waals surface area (Å²) in [6.07, 6.45) is 0.473. The van der Waals surface area contributed by atoms with Crippen LogP contribution in [0, 0.1) is 0 Å². The van der Waals surface area contributed by atoms with Gasteiger partial charge in [0.25, 0.3) is 6.43 Å². The van der Waals surface area contributed by atoms with Crippen LogP contribution in [0.2, 0.25) is 0 Å². The van der Waals surface area contributed by atoms with Crippen LogP contribution in [0.3, 0.4) is 0 Å². The van der Waals surface area contributed by atoms with Gasteiger partial charge in [0.2, 0.25) is 0 Å². The minimum absolute atomic E-state index is 0.169. The highest BCUT2D eigenvalue weighted by atomic mass is 19.3. The quantitative estimate of drug-likeness (QED) is 0.604. The molecular weight excluding hydrogens is 310 g/mol. The molecule has 0 amide bonds. The molecule has 0 aliphatic rings. The van der Waals surface area contributed by atoms with Gasteiger partial charge in [0.1, 0.15) is 11.5 Å². The van der Waals surface area contributed by atoms with Crippen LogP contribution in [-0.2, 0) is 6.54 Å². The van der Waals surface area contributed by atoms with Crippen molar-refractivity contribution >= 4 is 10.9 Å². The Morgan fingerprint density at radius 3 is 2.54 bits per heavy atom. The van der Waals surface area contributed by atoms with Crippen LogP contribution >= 0.6 is 0 Å². The first-order valence-corrected chi connectivity index (χ1v) is 7.53. The molecule has 120 valence electrons. The summed E-state index contributed by atoms with van der Waals surface area (Å²) in [7, 11) is 0. The molecule has 0 aliphatic carbocycles. The molecule has 0 saturated carbocycles. The average Bonchev–Trinajstić information content (AvgIpc) is 3.24. The summed E-state index contributed by atoms with van der Waals surface area (Å²) in [5.41, 5.74) is 2.76. The Labute approximate surface area is 136 Å². The number of halogens is 2. The first-order valence-electron chi connectivity index (χ1n) is 7.53. The number of benzene rings is 2. The van der Waals surface area contributed by atoms with Gasteiger partial charge in [-0.25, -0.2) is 13.8 Å². The fraction of sp³-hybridized carbons (Fsp3) is 0.111. The van der Waals surface area contributed by atoms with Crippen molar-refractivity contribution in [2.45, 2.75) is 13.0 Å². The normalized spacial score (nSPS) is 11.5. The molecule has 0 spiro atoms. The van der Waals surface area contributed by atoms with Gasteiger partial charge in [-0.05, 0) is 11.6 Å². The third-order valence-corrected chi connectivity index (χ3v) is 3.94. The second kappa shape index (κ2) is 5.88. The number of hydrogen-bond donors (Lipinski definition) is 1. The third-order valence-electron chi connectivity index (χ3n) is 3.94. The fourth-order valence-corrected chi connectivity index (χ4v) is 2.69. The van der Waals surface area contributed by atoms with Crippen molar-refractivity contribution in [3.8, 4) is 11.4 Å². The molecule has 0 saturated heterocycles. The maximum atomic E-state index is 12.6. The van der Waals surface area contributed by atoms with E-state index in [4.69, 9.17) is 0 Å². The smallest absolute Gasteiger partial charge is 0.279 e. The number of nitrogens with one attached hydrogen (secondary N) is 1. The van der Waals surface area contributed by atoms with E-state index in [0.29, 0.717) is 12.4 Å². The minimum Gasteiger partial charge on any atom is -0.337 e. The highest BCUT2D eigenvalue weighted by Crippen LogP contribution is 2.22. The lowest BCUT2D eigenvalue weighted by molar-refractivity contribution is 0.146. The Balaban J connectivity index is 1.57. The molecule has 0 aliphatic heterocycles. The summed E-state index contributed by atoms with van der Waals surface area (Å²) >= 11 is 0. The third kappa shape index (κ3) is 2.67. The molecule has 0 fully saturated rings. The van der Waals surface area contributed by atoms with Gasteiger partial charge in [-0.1, -0.05) is 42.5 Å². The zero-order valence-corrected chi connectivity index (χ0v) is 12.7. The Bertz CT molecular complexity index is 970. The molecule has 2 heterocycles. The molecule has 1 N–H and O–H groups in total. The van der Waals surface area contributed by atoms with Crippen LogP contribution in [0.15, 0.2) is 60.9 Å². The van der Waals surface area contributed by atoms with Gasteiger partial charge < -0.3 is 4.98 Å². The minimum atomic E-state index is -2.54. The first-order chi connectivity index (χ1) is 11.7. The van der Waals surface area contributed by atoms with Crippen molar-refractivity contribution in [2.75, 3.05) is 0 Å². The van der Waals surface area contributed by atoms with E-state index in [2.05, 4.69) is 15.1 Å². The van der Waals surface area contributed by atoms with Crippen LogP contribution in [0.1, 0.15) is 17.7 Å². The number of hydrogen-bond acceptors (Lipinski definition) is 2. The van der Waals surface area contributed by atoms with Gasteiger partial charge in [0.15, 0.2) is 0 Å². The molecular formula is C18H14F2N4. The number of H-pyrrole nitrogens is 1. The van der Waals surface area contributed by atoms with Crippen LogP contribution in [0.25, 0.3) is 22.3 Å². The Morgan fingerprint density at radius 1 is 1.00 bits per heavy atom. The molecule has 4 aromatic rings. The number of rotatable bonds is 4. The summed E-state index contributed by atoms with van der Waals surface area (Å²) in [6, 6.07) is 15.7. The van der Waals surface area contributed by atoms with Crippen LogP contribution in [0.5, 0.6) is 0 Å². The van der Waals surface area contributed by atoms with E-state index < -0.39 is 6.43 Å². The van der Waals surface area contributed by atoms with Crippen molar-refractivity contribution in [2.24, 2.45) is 0 Å². The number of nitrogens with zero attached hydrogens (tertiary/aromatic N) is 3. The second-order valence-electron chi connectivity index (χ2n) is 5.55. The summed E-state index contributed by atoms with van der Waals surface area (Å²) in [5, 5.41) is 5.51. The maximum Gasteiger partial charge on any atom is 0.279 e. The molecule has 0 atom stereocenters. The zero-order valence-electron chi connectivity index (χ0n) is 12.7. The van der Waals surface area contributed by atoms with E-state index in [1.807, 2.05) is 59.4 Å². The van der Waals surface area contributed by atoms with Gasteiger partial charge in [-0.2, -0.15) is 5.10 Å². The van der Waals surface area contributed by atoms with Gasteiger partial charge in [0.05, 0.1) is 24.5 Å². The van der Waals surface area contributed by atoms with E-state index >= 15 is 0 Å². The molecule has 2 aromatic carbocycles. The fourth-order valence-electron chi connectivity index (χ4n) is 2.69. The molecule has 4 rings (SSSR count). The summed E-state index contributed by atoms with van der Waals surface area (Å²) < 4.78 is 27.2. The standard InChI is InChI=1S/C18H14F2N4/c19-17(20)15-10-21-18(23-15)13-7-5-12(6-8-13)11-24-16-4-2-1-3-14(16)9-22-24/h1-10,17H,11H2,(H,21,23). The monoisotopic (exact) mass is 324 g/mol. The molecule has 0 bridgehead atoms. The Kier molecular flexibility index (Phi) is 3.57. The van der Waals surface area contributed by atoms with Gasteiger partial charge in [-0.3, -0.25) is 4.68 Å². The van der Waals surface area contributed by atoms with Crippen LogP contribution < -0.4 is 0 Å². The van der Waals surface area contributed by atoms with E-state index in [0.717, 1.165) is 22.0 Å². The van der Waals surface area contributed by atoms with Gasteiger partial charge in [-0.15, -0.1) is 0 Å². The molecule has 24 heavy (non-hydrogen) atoms. The summed E-state index contributed by atoms with van der Waals surface area (Å²) in [6.45, 7) is 0.647. The topological polar surface area (TPSA) is 46.5 Å². The van der Waals surface area contributed by atoms with E-state index in [9.17, 15) is 8.78 Å². The average molecular weight is 324 g/mol. The van der Waals surface area contributed by atoms with Crippen molar-refractivity contribution in [1.82, 2.24) is 19.7 Å². The van der Waals surface area contributed by atoms with Crippen molar-refractivity contribution in [3.63, 3.8) is 0 Å². The number of aromatic nitrogens is 4. The van der Waals surface area contributed by atoms with Gasteiger partial charge in [0, 0.05) is 10.9 Å². The molecule has 0 unspecified atom stereocenters. The predicted molar refractivity (Wildman–Crippen MR) is 87.8 cm³/mol. The lowest BCUT2D eigenvalue weighted by Gasteiger charge is -2.05. The number of imidazole rings is 1. The second-order valence-corrected chi connectivity index (χ2v) is 5.55. The summed E-state index contributed by atoms with van der Waals surface area (Å²) in [4.78, 5) is 6.64. The number of alkyl halides is 2. The zero-order chi connectivity index (χ0) is 16.5. The van der Waals surface area contributed by atoms with Crippen LogP contribution in [0.4, 0.5) is 8.78 Å². The van der Waals surface area contributed by atoms with Crippen molar-refractivity contribution < 1.29 is 8.78 Å². The van der Waals surface area contributed by atoms with E-state index in [-0.39, 0.29) is 5.69 Å². The van der Waals surface area contributed by atoms with Crippen LogP contribution in [-0.4, -0.2) is 19.7 Å². The molecule has 6 heteroatoms. The maximum absolute atomic E-state index is 12.6. The number of fused-ring (bicyclic) bond motifs is 1. The van der Waals surface area contributed by atoms with E-state index in [1.165, 1.54) is 6.20 Å². The molecule has 0 radical (unpaired) electrons. The van der Waals surface area contributed by atoms with Crippen molar-refractivity contribution in [3.05, 3.63) is 72.2 Å². The lowest BCUT2D eigenvalue weighted by atomic mass is 10.1. The highest BCUT2D eigenvalue weighted by molar-refractivity contribution is 5.78.